The number of piperidine rings is 1. The molecule has 0 saturated carbocycles. The summed E-state index contributed by atoms with van der Waals surface area (Å²) in [7, 11) is 0. The van der Waals surface area contributed by atoms with Crippen molar-refractivity contribution in [2.75, 3.05) is 19.6 Å². The van der Waals surface area contributed by atoms with E-state index in [0.29, 0.717) is 26.2 Å². The van der Waals surface area contributed by atoms with Gasteiger partial charge in [0, 0.05) is 32.7 Å². The van der Waals surface area contributed by atoms with Crippen molar-refractivity contribution >= 4 is 28.7 Å². The molecule has 32 heavy (non-hydrogen) atoms. The Balaban J connectivity index is 1.30. The molecular formula is C23H26N4O5. The van der Waals surface area contributed by atoms with Crippen LogP contribution in [0.15, 0.2) is 36.4 Å². The molecule has 3 aliphatic heterocycles. The molecular weight excluding hydrogens is 412 g/mol. The van der Waals surface area contributed by atoms with Gasteiger partial charge in [-0.15, -0.1) is 0 Å². The number of hydroxylamine groups is 1. The number of ether oxygens (including phenoxy) is 1. The first kappa shape index (κ1) is 20.7. The van der Waals surface area contributed by atoms with Crippen molar-refractivity contribution in [1.82, 2.24) is 20.6 Å². The maximum Gasteiger partial charge on any atom is 0.410 e. The lowest BCUT2D eigenvalue weighted by atomic mass is 9.87. The normalized spacial score (nSPS) is 24.6. The van der Waals surface area contributed by atoms with Gasteiger partial charge >= 0.3 is 6.09 Å². The molecule has 9 heteroatoms. The molecule has 3 atom stereocenters. The zero-order valence-corrected chi connectivity index (χ0v) is 17.6. The standard InChI is InChI=1S/C23H26N4O5/c28-21(25-31)18-10-16(32-23(30)26-8-3-9-26)11-24-20(18)22(29)27-12-15-7-6-14-4-1-2-5-17(14)19(15)13-27/h1-2,4-7,16,18,20,24,31H,3,8-13H2,(H,25,28)/t16-,18-,20-/m0/s1. The van der Waals surface area contributed by atoms with Gasteiger partial charge in [0.05, 0.1) is 12.0 Å². The molecule has 9 nitrogen and oxygen atoms in total. The number of hydrogen-bond donors (Lipinski definition) is 3. The van der Waals surface area contributed by atoms with Crippen molar-refractivity contribution in [3.8, 4) is 0 Å². The summed E-state index contributed by atoms with van der Waals surface area (Å²) in [6.07, 6.45) is 0.170. The third-order valence-electron chi connectivity index (χ3n) is 6.74. The van der Waals surface area contributed by atoms with Crippen molar-refractivity contribution in [3.63, 3.8) is 0 Å². The van der Waals surface area contributed by atoms with Crippen LogP contribution in [0.1, 0.15) is 24.0 Å². The van der Waals surface area contributed by atoms with E-state index < -0.39 is 30.1 Å². The Bertz CT molecular complexity index is 1070. The fraction of sp³-hybridized carbons (Fsp3) is 0.435. The van der Waals surface area contributed by atoms with Crippen LogP contribution in [0, 0.1) is 5.92 Å². The number of fused-ring (bicyclic) bond motifs is 3. The van der Waals surface area contributed by atoms with Gasteiger partial charge in [-0.2, -0.15) is 0 Å². The van der Waals surface area contributed by atoms with Crippen LogP contribution in [0.25, 0.3) is 10.8 Å². The fourth-order valence-corrected chi connectivity index (χ4v) is 4.83. The van der Waals surface area contributed by atoms with Crippen LogP contribution in [0.5, 0.6) is 0 Å². The van der Waals surface area contributed by atoms with E-state index in [9.17, 15) is 19.6 Å². The van der Waals surface area contributed by atoms with E-state index in [-0.39, 0.29) is 18.9 Å². The van der Waals surface area contributed by atoms with Crippen molar-refractivity contribution in [2.24, 2.45) is 5.92 Å². The van der Waals surface area contributed by atoms with Gasteiger partial charge in [-0.1, -0.05) is 36.4 Å². The molecule has 0 radical (unpaired) electrons. The molecule has 168 valence electrons. The van der Waals surface area contributed by atoms with Gasteiger partial charge in [-0.25, -0.2) is 10.3 Å². The number of hydrogen-bond acceptors (Lipinski definition) is 6. The van der Waals surface area contributed by atoms with Gasteiger partial charge in [0.15, 0.2) is 0 Å². The monoisotopic (exact) mass is 438 g/mol. The molecule has 3 amide bonds. The maximum atomic E-state index is 13.4. The Hall–Kier alpha value is -3.17. The topological polar surface area (TPSA) is 111 Å². The van der Waals surface area contributed by atoms with Crippen LogP contribution in [0.2, 0.25) is 0 Å². The van der Waals surface area contributed by atoms with Crippen LogP contribution in [-0.4, -0.2) is 64.7 Å². The quantitative estimate of drug-likeness (QED) is 0.493. The Morgan fingerprint density at radius 3 is 2.62 bits per heavy atom. The Morgan fingerprint density at radius 2 is 1.88 bits per heavy atom. The SMILES string of the molecule is O=C(NO)[C@H]1C[C@H](OC(=O)N2CCC2)CN[C@@H]1C(=O)N1Cc2ccc3ccccc3c2C1. The smallest absolute Gasteiger partial charge is 0.410 e. The summed E-state index contributed by atoms with van der Waals surface area (Å²) in [6.45, 7) is 2.55. The van der Waals surface area contributed by atoms with Crippen LogP contribution in [0.3, 0.4) is 0 Å². The largest absolute Gasteiger partial charge is 0.445 e. The second-order valence-electron chi connectivity index (χ2n) is 8.67. The summed E-state index contributed by atoms with van der Waals surface area (Å²) < 4.78 is 5.51. The summed E-state index contributed by atoms with van der Waals surface area (Å²) in [4.78, 5) is 41.3. The summed E-state index contributed by atoms with van der Waals surface area (Å²) in [5.74, 6) is -1.72. The Labute approximate surface area is 185 Å². The molecule has 5 rings (SSSR count). The zero-order valence-electron chi connectivity index (χ0n) is 17.6. The van der Waals surface area contributed by atoms with Gasteiger partial charge in [0.1, 0.15) is 6.10 Å². The number of carbonyl (C=O) groups excluding carboxylic acids is 3. The van der Waals surface area contributed by atoms with Crippen molar-refractivity contribution < 1.29 is 24.3 Å². The van der Waals surface area contributed by atoms with Crippen molar-refractivity contribution in [1.29, 1.82) is 0 Å². The van der Waals surface area contributed by atoms with Crippen molar-refractivity contribution in [2.45, 2.75) is 38.1 Å². The van der Waals surface area contributed by atoms with Gasteiger partial charge in [0.2, 0.25) is 11.8 Å². The first-order chi connectivity index (χ1) is 15.5. The molecule has 2 aromatic rings. The predicted octanol–water partition coefficient (Wildman–Crippen LogP) is 1.38. The lowest BCUT2D eigenvalue weighted by Crippen LogP contribution is -2.59. The van der Waals surface area contributed by atoms with E-state index in [2.05, 4.69) is 17.4 Å². The molecule has 3 aliphatic rings. The highest BCUT2D eigenvalue weighted by molar-refractivity contribution is 5.92. The number of benzene rings is 2. The first-order valence-electron chi connectivity index (χ1n) is 11.0. The van der Waals surface area contributed by atoms with E-state index in [1.807, 2.05) is 24.3 Å². The Kier molecular flexibility index (Phi) is 5.44. The minimum Gasteiger partial charge on any atom is -0.445 e. The molecule has 0 aromatic heterocycles. The molecule has 0 aliphatic carbocycles. The minimum absolute atomic E-state index is 0.166. The molecule has 2 saturated heterocycles. The number of rotatable bonds is 3. The highest BCUT2D eigenvalue weighted by Crippen LogP contribution is 2.32. The lowest BCUT2D eigenvalue weighted by Gasteiger charge is -2.38. The van der Waals surface area contributed by atoms with E-state index >= 15 is 0 Å². The zero-order chi connectivity index (χ0) is 22.2. The van der Waals surface area contributed by atoms with Gasteiger partial charge in [-0.05, 0) is 34.7 Å². The summed E-state index contributed by atoms with van der Waals surface area (Å²) in [5, 5.41) is 14.6. The van der Waals surface area contributed by atoms with Crippen LogP contribution < -0.4 is 10.8 Å². The number of nitrogens with one attached hydrogen (secondary N) is 2. The highest BCUT2D eigenvalue weighted by atomic mass is 16.6. The second kappa shape index (κ2) is 8.40. The predicted molar refractivity (Wildman–Crippen MR) is 114 cm³/mol. The molecule has 2 aromatic carbocycles. The van der Waals surface area contributed by atoms with E-state index in [0.717, 1.165) is 28.3 Å². The fourth-order valence-electron chi connectivity index (χ4n) is 4.83. The van der Waals surface area contributed by atoms with Crippen molar-refractivity contribution in [3.05, 3.63) is 47.5 Å². The number of amides is 3. The summed E-state index contributed by atoms with van der Waals surface area (Å²) >= 11 is 0. The van der Waals surface area contributed by atoms with Crippen LogP contribution in [0.4, 0.5) is 4.79 Å². The summed E-state index contributed by atoms with van der Waals surface area (Å²) in [6, 6.07) is 11.4. The van der Waals surface area contributed by atoms with Gasteiger partial charge in [0.25, 0.3) is 0 Å². The van der Waals surface area contributed by atoms with E-state index in [1.54, 1.807) is 15.3 Å². The molecule has 3 heterocycles. The number of likely N-dealkylation sites (tertiary alicyclic amines) is 1. The average Bonchev–Trinajstić information content (AvgIpc) is 3.22. The Morgan fingerprint density at radius 1 is 1.06 bits per heavy atom. The number of nitrogens with zero attached hydrogens (tertiary/aromatic N) is 2. The highest BCUT2D eigenvalue weighted by Gasteiger charge is 2.43. The van der Waals surface area contributed by atoms with Crippen LogP contribution >= 0.6 is 0 Å². The average molecular weight is 438 g/mol. The first-order valence-corrected chi connectivity index (χ1v) is 11.0. The van der Waals surface area contributed by atoms with Gasteiger partial charge < -0.3 is 19.9 Å². The van der Waals surface area contributed by atoms with E-state index in [1.165, 1.54) is 0 Å². The maximum absolute atomic E-state index is 13.4. The molecule has 0 bridgehead atoms. The minimum atomic E-state index is -0.851. The summed E-state index contributed by atoms with van der Waals surface area (Å²) in [5.41, 5.74) is 3.89. The lowest BCUT2D eigenvalue weighted by molar-refractivity contribution is -0.146. The van der Waals surface area contributed by atoms with Crippen LogP contribution in [-0.2, 0) is 27.4 Å². The number of carbonyl (C=O) groups is 3. The molecule has 3 N–H and O–H groups in total. The third-order valence-corrected chi connectivity index (χ3v) is 6.74. The third kappa shape index (κ3) is 3.67. The van der Waals surface area contributed by atoms with Gasteiger partial charge in [-0.3, -0.25) is 14.8 Å². The van der Waals surface area contributed by atoms with E-state index in [4.69, 9.17) is 4.74 Å². The second-order valence-corrected chi connectivity index (χ2v) is 8.67. The molecule has 0 spiro atoms. The molecule has 0 unspecified atom stereocenters. The molecule has 2 fully saturated rings.